The van der Waals surface area contributed by atoms with Crippen molar-refractivity contribution in [1.29, 1.82) is 0 Å². The van der Waals surface area contributed by atoms with E-state index >= 15 is 0 Å². The van der Waals surface area contributed by atoms with Crippen LogP contribution >= 0.6 is 11.6 Å². The molecule has 2 aromatic carbocycles. The van der Waals surface area contributed by atoms with Crippen LogP contribution in [-0.4, -0.2) is 33.4 Å². The summed E-state index contributed by atoms with van der Waals surface area (Å²) in [4.78, 5) is 19.0. The number of nitrogens with zero attached hydrogens (tertiary/aromatic N) is 3. The molecular weight excluding hydrogens is 382 g/mol. The van der Waals surface area contributed by atoms with Gasteiger partial charge in [0.2, 0.25) is 5.91 Å². The minimum atomic E-state index is 0.316. The lowest BCUT2D eigenvalue weighted by Gasteiger charge is -2.17. The normalized spacial score (nSPS) is 18.9. The van der Waals surface area contributed by atoms with Gasteiger partial charge in [-0.3, -0.25) is 4.79 Å². The number of rotatable bonds is 5. The molecule has 1 aliphatic carbocycles. The molecule has 0 unspecified atom stereocenters. The average Bonchev–Trinajstić information content (AvgIpc) is 3.32. The van der Waals surface area contributed by atoms with Crippen LogP contribution in [0.4, 0.5) is 0 Å². The lowest BCUT2D eigenvalue weighted by molar-refractivity contribution is -0.131. The van der Waals surface area contributed by atoms with Crippen molar-refractivity contribution in [2.45, 2.75) is 25.8 Å². The first-order chi connectivity index (χ1) is 14.2. The van der Waals surface area contributed by atoms with Gasteiger partial charge in [0.1, 0.15) is 5.82 Å². The maximum Gasteiger partial charge on any atom is 0.225 e. The van der Waals surface area contributed by atoms with Crippen molar-refractivity contribution in [2.75, 3.05) is 13.1 Å². The third-order valence-electron chi connectivity index (χ3n) is 6.02. The molecule has 1 amide bonds. The summed E-state index contributed by atoms with van der Waals surface area (Å²) in [6.07, 6.45) is 7.15. The average molecular weight is 406 g/mol. The van der Waals surface area contributed by atoms with Crippen molar-refractivity contribution in [2.24, 2.45) is 11.8 Å². The van der Waals surface area contributed by atoms with Crippen molar-refractivity contribution in [3.63, 3.8) is 0 Å². The zero-order valence-electron chi connectivity index (χ0n) is 16.3. The first-order valence-corrected chi connectivity index (χ1v) is 10.7. The summed E-state index contributed by atoms with van der Waals surface area (Å²) < 4.78 is 2.23. The number of likely N-dealkylation sites (tertiary alicyclic amines) is 1. The predicted molar refractivity (Wildman–Crippen MR) is 116 cm³/mol. The molecular formula is C24H24ClN3O. The molecule has 2 aliphatic rings. The topological polar surface area (TPSA) is 38.1 Å². The Morgan fingerprint density at radius 1 is 0.966 bits per heavy atom. The number of benzene rings is 2. The summed E-state index contributed by atoms with van der Waals surface area (Å²) in [5.74, 6) is 2.17. The van der Waals surface area contributed by atoms with Gasteiger partial charge in [0.15, 0.2) is 0 Å². The molecule has 0 bridgehead atoms. The molecule has 0 N–H and O–H groups in total. The van der Waals surface area contributed by atoms with Gasteiger partial charge < -0.3 is 9.47 Å². The number of aromatic nitrogens is 2. The standard InChI is InChI=1S/C24H24ClN3O/c25-22-9-7-19(8-10-22)18-1-3-20(4-2-18)23-26-12-14-27(23)15-17-11-13-28(16-17)24(29)21-5-6-21/h1-4,7-10,12,14,17,21H,5-6,11,13,15-16H2/t17-/m1/s1. The summed E-state index contributed by atoms with van der Waals surface area (Å²) >= 11 is 5.99. The lowest BCUT2D eigenvalue weighted by atomic mass is 10.0. The molecule has 1 aromatic heterocycles. The zero-order chi connectivity index (χ0) is 19.8. The number of imidazole rings is 1. The molecule has 0 radical (unpaired) electrons. The summed E-state index contributed by atoms with van der Waals surface area (Å²) in [5.41, 5.74) is 3.42. The van der Waals surface area contributed by atoms with Crippen LogP contribution in [0.25, 0.3) is 22.5 Å². The first kappa shape index (κ1) is 18.4. The van der Waals surface area contributed by atoms with E-state index in [-0.39, 0.29) is 0 Å². The highest BCUT2D eigenvalue weighted by molar-refractivity contribution is 6.30. The molecule has 29 heavy (non-hydrogen) atoms. The van der Waals surface area contributed by atoms with Crippen LogP contribution in [0.3, 0.4) is 0 Å². The van der Waals surface area contributed by atoms with Crippen LogP contribution in [-0.2, 0) is 11.3 Å². The minimum Gasteiger partial charge on any atom is -0.342 e. The van der Waals surface area contributed by atoms with Gasteiger partial charge in [-0.05, 0) is 48.4 Å². The SMILES string of the molecule is O=C(C1CC1)N1CC[C@H](Cn2ccnc2-c2ccc(-c3ccc(Cl)cc3)cc2)C1. The molecule has 2 fully saturated rings. The Balaban J connectivity index is 1.29. The highest BCUT2D eigenvalue weighted by Gasteiger charge is 2.36. The Hall–Kier alpha value is -2.59. The second kappa shape index (κ2) is 7.68. The first-order valence-electron chi connectivity index (χ1n) is 10.3. The largest absolute Gasteiger partial charge is 0.342 e. The van der Waals surface area contributed by atoms with E-state index in [4.69, 9.17) is 11.6 Å². The predicted octanol–water partition coefficient (Wildman–Crippen LogP) is 5.13. The van der Waals surface area contributed by atoms with Crippen LogP contribution in [0.1, 0.15) is 19.3 Å². The van der Waals surface area contributed by atoms with Crippen LogP contribution < -0.4 is 0 Å². The summed E-state index contributed by atoms with van der Waals surface area (Å²) in [5, 5.41) is 0.747. The molecule has 1 saturated heterocycles. The van der Waals surface area contributed by atoms with E-state index in [1.165, 1.54) is 0 Å². The highest BCUT2D eigenvalue weighted by atomic mass is 35.5. The maximum atomic E-state index is 12.3. The number of amides is 1. The van der Waals surface area contributed by atoms with Crippen molar-refractivity contribution in [1.82, 2.24) is 14.5 Å². The Morgan fingerprint density at radius 2 is 1.62 bits per heavy atom. The molecule has 1 saturated carbocycles. The van der Waals surface area contributed by atoms with E-state index in [9.17, 15) is 4.79 Å². The fourth-order valence-corrected chi connectivity index (χ4v) is 4.35. The fraction of sp³-hybridized carbons (Fsp3) is 0.333. The van der Waals surface area contributed by atoms with E-state index in [2.05, 4.69) is 38.7 Å². The Morgan fingerprint density at radius 3 is 2.31 bits per heavy atom. The van der Waals surface area contributed by atoms with Gasteiger partial charge in [0.25, 0.3) is 0 Å². The zero-order valence-corrected chi connectivity index (χ0v) is 17.1. The van der Waals surface area contributed by atoms with Crippen molar-refractivity contribution in [3.05, 3.63) is 65.9 Å². The quantitative estimate of drug-likeness (QED) is 0.590. The van der Waals surface area contributed by atoms with Gasteiger partial charge in [0, 0.05) is 48.5 Å². The number of carbonyl (C=O) groups excluding carboxylic acids is 1. The fourth-order valence-electron chi connectivity index (χ4n) is 4.22. The van der Waals surface area contributed by atoms with Crippen LogP contribution in [0, 0.1) is 11.8 Å². The number of hydrogen-bond acceptors (Lipinski definition) is 2. The number of carbonyl (C=O) groups is 1. The van der Waals surface area contributed by atoms with Gasteiger partial charge in [-0.15, -0.1) is 0 Å². The minimum absolute atomic E-state index is 0.316. The van der Waals surface area contributed by atoms with E-state index < -0.39 is 0 Å². The second-order valence-electron chi connectivity index (χ2n) is 8.20. The van der Waals surface area contributed by atoms with Gasteiger partial charge in [-0.25, -0.2) is 4.98 Å². The monoisotopic (exact) mass is 405 g/mol. The van der Waals surface area contributed by atoms with Gasteiger partial charge in [0.05, 0.1) is 0 Å². The highest BCUT2D eigenvalue weighted by Crippen LogP contribution is 2.33. The Bertz CT molecular complexity index is 1010. The van der Waals surface area contributed by atoms with E-state index in [0.717, 1.165) is 66.4 Å². The third-order valence-corrected chi connectivity index (χ3v) is 6.27. The molecule has 2 heterocycles. The summed E-state index contributed by atoms with van der Waals surface area (Å²) in [6, 6.07) is 16.4. The molecule has 4 nitrogen and oxygen atoms in total. The van der Waals surface area contributed by atoms with Crippen molar-refractivity contribution >= 4 is 17.5 Å². The van der Waals surface area contributed by atoms with Crippen LogP contribution in [0.5, 0.6) is 0 Å². The molecule has 1 atom stereocenters. The molecule has 5 heteroatoms. The second-order valence-corrected chi connectivity index (χ2v) is 8.64. The van der Waals surface area contributed by atoms with Gasteiger partial charge >= 0.3 is 0 Å². The lowest BCUT2D eigenvalue weighted by Crippen LogP contribution is -2.30. The molecule has 3 aromatic rings. The van der Waals surface area contributed by atoms with Gasteiger partial charge in [-0.1, -0.05) is 48.0 Å². The van der Waals surface area contributed by atoms with Crippen LogP contribution in [0.2, 0.25) is 5.02 Å². The van der Waals surface area contributed by atoms with Crippen molar-refractivity contribution in [3.8, 4) is 22.5 Å². The number of hydrogen-bond donors (Lipinski definition) is 0. The number of halogens is 1. The molecule has 1 aliphatic heterocycles. The molecule has 5 rings (SSSR count). The Kier molecular flexibility index (Phi) is 4.88. The van der Waals surface area contributed by atoms with E-state index in [1.807, 2.05) is 36.7 Å². The maximum absolute atomic E-state index is 12.3. The summed E-state index contributed by atoms with van der Waals surface area (Å²) in [7, 11) is 0. The van der Waals surface area contributed by atoms with Gasteiger partial charge in [-0.2, -0.15) is 0 Å². The third kappa shape index (κ3) is 3.95. The molecule has 148 valence electrons. The summed E-state index contributed by atoms with van der Waals surface area (Å²) in [6.45, 7) is 2.69. The molecule has 0 spiro atoms. The Labute approximate surface area is 176 Å². The van der Waals surface area contributed by atoms with Crippen LogP contribution in [0.15, 0.2) is 60.9 Å². The smallest absolute Gasteiger partial charge is 0.225 e. The van der Waals surface area contributed by atoms with Crippen molar-refractivity contribution < 1.29 is 4.79 Å². The van der Waals surface area contributed by atoms with E-state index in [0.29, 0.717) is 17.7 Å². The van der Waals surface area contributed by atoms with E-state index in [1.54, 1.807) is 0 Å².